The quantitative estimate of drug-likeness (QED) is 0.298. The molecule has 0 bridgehead atoms. The number of halogens is 2. The molecule has 0 saturated carbocycles. The second-order valence-electron chi connectivity index (χ2n) is 6.06. The van der Waals surface area contributed by atoms with Crippen LogP contribution < -0.4 is 0 Å². The van der Waals surface area contributed by atoms with Crippen LogP contribution in [0.25, 0.3) is 22.3 Å². The second kappa shape index (κ2) is 9.58. The standard InChI is InChI=1S/2C12H9BrO/c13-12-7-6-10(14)8-11(12)9-4-2-1-3-5-9;13-11-7-6-10(8-12(11)14)9-4-2-1-3-5-9/h2*1-8,14H. The molecular formula is C24H18Br2O2. The van der Waals surface area contributed by atoms with E-state index in [0.29, 0.717) is 0 Å². The minimum Gasteiger partial charge on any atom is -0.508 e. The van der Waals surface area contributed by atoms with Gasteiger partial charge in [0.15, 0.2) is 0 Å². The van der Waals surface area contributed by atoms with E-state index in [1.165, 1.54) is 0 Å². The molecule has 0 amide bonds. The van der Waals surface area contributed by atoms with Gasteiger partial charge in [-0.15, -0.1) is 0 Å². The summed E-state index contributed by atoms with van der Waals surface area (Å²) in [4.78, 5) is 0. The zero-order valence-electron chi connectivity index (χ0n) is 14.9. The zero-order chi connectivity index (χ0) is 19.9. The largest absolute Gasteiger partial charge is 0.508 e. The van der Waals surface area contributed by atoms with E-state index >= 15 is 0 Å². The number of benzene rings is 4. The monoisotopic (exact) mass is 496 g/mol. The second-order valence-corrected chi connectivity index (χ2v) is 7.77. The van der Waals surface area contributed by atoms with E-state index in [1.54, 1.807) is 18.2 Å². The Balaban J connectivity index is 0.000000161. The fraction of sp³-hybridized carbons (Fsp3) is 0. The van der Waals surface area contributed by atoms with Crippen molar-refractivity contribution in [2.24, 2.45) is 0 Å². The molecular weight excluding hydrogens is 480 g/mol. The Labute approximate surface area is 181 Å². The highest BCUT2D eigenvalue weighted by Crippen LogP contribution is 2.31. The maximum atomic E-state index is 9.51. The number of aromatic hydroxyl groups is 2. The molecule has 0 spiro atoms. The van der Waals surface area contributed by atoms with Crippen molar-refractivity contribution in [3.05, 3.63) is 106 Å². The van der Waals surface area contributed by atoms with E-state index in [9.17, 15) is 10.2 Å². The highest BCUT2D eigenvalue weighted by atomic mass is 79.9. The molecule has 4 aromatic rings. The highest BCUT2D eigenvalue weighted by Gasteiger charge is 2.03. The van der Waals surface area contributed by atoms with Gasteiger partial charge in [-0.1, -0.05) is 82.7 Å². The van der Waals surface area contributed by atoms with E-state index in [1.807, 2.05) is 78.9 Å². The summed E-state index contributed by atoms with van der Waals surface area (Å²) in [7, 11) is 0. The molecule has 0 aliphatic rings. The summed E-state index contributed by atoms with van der Waals surface area (Å²) in [6, 6.07) is 30.7. The lowest BCUT2D eigenvalue weighted by Crippen LogP contribution is -1.78. The molecule has 0 aliphatic heterocycles. The number of phenolic OH excluding ortho intramolecular Hbond substituents is 2. The van der Waals surface area contributed by atoms with Gasteiger partial charge in [-0.25, -0.2) is 0 Å². The predicted octanol–water partition coefficient (Wildman–Crippen LogP) is 7.64. The third-order valence-electron chi connectivity index (χ3n) is 4.09. The van der Waals surface area contributed by atoms with Crippen LogP contribution in [0.15, 0.2) is 106 Å². The minimum absolute atomic E-state index is 0.270. The van der Waals surface area contributed by atoms with Crippen LogP contribution in [0.1, 0.15) is 0 Å². The topological polar surface area (TPSA) is 40.5 Å². The van der Waals surface area contributed by atoms with E-state index in [2.05, 4.69) is 31.9 Å². The first-order valence-electron chi connectivity index (χ1n) is 8.62. The molecule has 0 aromatic heterocycles. The summed E-state index contributed by atoms with van der Waals surface area (Å²) < 4.78 is 1.71. The fourth-order valence-electron chi connectivity index (χ4n) is 2.68. The van der Waals surface area contributed by atoms with Crippen LogP contribution in [-0.2, 0) is 0 Å². The third kappa shape index (κ3) is 5.24. The lowest BCUT2D eigenvalue weighted by molar-refractivity contribution is 0.472. The highest BCUT2D eigenvalue weighted by molar-refractivity contribution is 9.11. The summed E-state index contributed by atoms with van der Waals surface area (Å²) in [5.41, 5.74) is 4.22. The van der Waals surface area contributed by atoms with E-state index in [4.69, 9.17) is 0 Å². The summed E-state index contributed by atoms with van der Waals surface area (Å²) in [5, 5.41) is 18.9. The number of phenols is 2. The van der Waals surface area contributed by atoms with Gasteiger partial charge in [-0.2, -0.15) is 0 Å². The molecule has 0 atom stereocenters. The lowest BCUT2D eigenvalue weighted by Gasteiger charge is -2.04. The maximum Gasteiger partial charge on any atom is 0.130 e. The van der Waals surface area contributed by atoms with Crippen molar-refractivity contribution in [2.45, 2.75) is 0 Å². The molecule has 4 heteroatoms. The summed E-state index contributed by atoms with van der Waals surface area (Å²) in [6.07, 6.45) is 0. The molecule has 0 unspecified atom stereocenters. The van der Waals surface area contributed by atoms with Crippen molar-refractivity contribution < 1.29 is 10.2 Å². The van der Waals surface area contributed by atoms with Crippen LogP contribution in [-0.4, -0.2) is 10.2 Å². The molecule has 140 valence electrons. The van der Waals surface area contributed by atoms with Crippen LogP contribution in [0.5, 0.6) is 11.5 Å². The van der Waals surface area contributed by atoms with Crippen LogP contribution in [0.2, 0.25) is 0 Å². The van der Waals surface area contributed by atoms with E-state index in [0.717, 1.165) is 31.2 Å². The van der Waals surface area contributed by atoms with Gasteiger partial charge in [-0.3, -0.25) is 0 Å². The summed E-state index contributed by atoms with van der Waals surface area (Å²) in [6.45, 7) is 0. The number of hydrogen-bond donors (Lipinski definition) is 2. The van der Waals surface area contributed by atoms with Crippen molar-refractivity contribution >= 4 is 31.9 Å². The summed E-state index contributed by atoms with van der Waals surface area (Å²) >= 11 is 6.71. The average molecular weight is 498 g/mol. The Morgan fingerprint density at radius 3 is 1.68 bits per heavy atom. The Morgan fingerprint density at radius 2 is 1.07 bits per heavy atom. The first kappa shape index (κ1) is 20.2. The Hall–Kier alpha value is -2.56. The minimum atomic E-state index is 0.270. The van der Waals surface area contributed by atoms with E-state index < -0.39 is 0 Å². The van der Waals surface area contributed by atoms with Gasteiger partial charge in [0.05, 0.1) is 4.47 Å². The molecule has 0 aliphatic carbocycles. The van der Waals surface area contributed by atoms with Crippen LogP contribution >= 0.6 is 31.9 Å². The Kier molecular flexibility index (Phi) is 6.90. The van der Waals surface area contributed by atoms with Crippen LogP contribution in [0.4, 0.5) is 0 Å². The van der Waals surface area contributed by atoms with Gasteiger partial charge in [0.1, 0.15) is 11.5 Å². The van der Waals surface area contributed by atoms with Crippen molar-refractivity contribution in [3.8, 4) is 33.8 Å². The van der Waals surface area contributed by atoms with Crippen LogP contribution in [0.3, 0.4) is 0 Å². The molecule has 0 radical (unpaired) electrons. The molecule has 4 aromatic carbocycles. The zero-order valence-corrected chi connectivity index (χ0v) is 18.1. The average Bonchev–Trinajstić information content (AvgIpc) is 2.73. The van der Waals surface area contributed by atoms with Gasteiger partial charge < -0.3 is 10.2 Å². The third-order valence-corrected chi connectivity index (χ3v) is 5.45. The fourth-order valence-corrected chi connectivity index (χ4v) is 3.40. The molecule has 4 rings (SSSR count). The smallest absolute Gasteiger partial charge is 0.130 e. The number of hydrogen-bond acceptors (Lipinski definition) is 2. The van der Waals surface area contributed by atoms with Crippen molar-refractivity contribution in [3.63, 3.8) is 0 Å². The first-order chi connectivity index (χ1) is 13.5. The molecule has 2 N–H and O–H groups in total. The van der Waals surface area contributed by atoms with E-state index in [-0.39, 0.29) is 11.5 Å². The molecule has 0 saturated heterocycles. The van der Waals surface area contributed by atoms with Crippen molar-refractivity contribution in [1.29, 1.82) is 0 Å². The molecule has 28 heavy (non-hydrogen) atoms. The Bertz CT molecular complexity index is 1050. The SMILES string of the molecule is Oc1cc(-c2ccccc2)ccc1Br.Oc1ccc(Br)c(-c2ccccc2)c1. The van der Waals surface area contributed by atoms with Gasteiger partial charge in [-0.05, 0) is 68.5 Å². The van der Waals surface area contributed by atoms with Gasteiger partial charge >= 0.3 is 0 Å². The van der Waals surface area contributed by atoms with Crippen molar-refractivity contribution in [1.82, 2.24) is 0 Å². The van der Waals surface area contributed by atoms with Crippen molar-refractivity contribution in [2.75, 3.05) is 0 Å². The van der Waals surface area contributed by atoms with Gasteiger partial charge in [0.2, 0.25) is 0 Å². The maximum absolute atomic E-state index is 9.51. The summed E-state index contributed by atoms with van der Waals surface area (Å²) in [5.74, 6) is 0.554. The van der Waals surface area contributed by atoms with Crippen LogP contribution in [0, 0.1) is 0 Å². The molecule has 0 heterocycles. The normalized spacial score (nSPS) is 10.1. The lowest BCUT2D eigenvalue weighted by atomic mass is 10.1. The Morgan fingerprint density at radius 1 is 0.500 bits per heavy atom. The van der Waals surface area contributed by atoms with Gasteiger partial charge in [0, 0.05) is 4.47 Å². The molecule has 0 fully saturated rings. The first-order valence-corrected chi connectivity index (χ1v) is 10.2. The number of rotatable bonds is 2. The van der Waals surface area contributed by atoms with Gasteiger partial charge in [0.25, 0.3) is 0 Å². The predicted molar refractivity (Wildman–Crippen MR) is 122 cm³/mol. The molecule has 2 nitrogen and oxygen atoms in total.